The molecular weight excluding hydrogens is 203 g/mol. The average Bonchev–Trinajstić information content (AvgIpc) is 2.29. The van der Waals surface area contributed by atoms with E-state index >= 15 is 0 Å². The molecule has 0 fully saturated rings. The minimum Gasteiger partial charge on any atom is -0.372 e. The van der Waals surface area contributed by atoms with Crippen LogP contribution >= 0.6 is 0 Å². The van der Waals surface area contributed by atoms with Gasteiger partial charge in [0.05, 0.1) is 0 Å². The average molecular weight is 224 g/mol. The van der Waals surface area contributed by atoms with Gasteiger partial charge in [0, 0.05) is 24.3 Å². The quantitative estimate of drug-likeness (QED) is 0.804. The molecule has 0 unspecified atom stereocenters. The van der Waals surface area contributed by atoms with Gasteiger partial charge in [-0.15, -0.1) is 0 Å². The van der Waals surface area contributed by atoms with Crippen LogP contribution in [0.2, 0.25) is 0 Å². The predicted molar refractivity (Wildman–Crippen MR) is 67.3 cm³/mol. The van der Waals surface area contributed by atoms with E-state index in [0.717, 1.165) is 30.8 Å². The molecular formula is C13H21FN2. The summed E-state index contributed by atoms with van der Waals surface area (Å²) in [5.74, 6) is -0.141. The SMILES string of the molecule is CCCN(CC)c1cccc(F)c1CCN. The van der Waals surface area contributed by atoms with E-state index in [1.54, 1.807) is 6.07 Å². The lowest BCUT2D eigenvalue weighted by Gasteiger charge is -2.25. The minimum absolute atomic E-state index is 0.141. The maximum atomic E-state index is 13.7. The number of benzene rings is 1. The first kappa shape index (κ1) is 13.0. The number of anilines is 1. The third-order valence-corrected chi connectivity index (χ3v) is 2.70. The summed E-state index contributed by atoms with van der Waals surface area (Å²) in [6.07, 6.45) is 1.66. The van der Waals surface area contributed by atoms with E-state index in [4.69, 9.17) is 5.73 Å². The van der Waals surface area contributed by atoms with Crippen molar-refractivity contribution in [3.8, 4) is 0 Å². The lowest BCUT2D eigenvalue weighted by molar-refractivity contribution is 0.607. The molecule has 0 amide bonds. The molecule has 1 aromatic carbocycles. The van der Waals surface area contributed by atoms with Crippen molar-refractivity contribution in [2.24, 2.45) is 5.73 Å². The summed E-state index contributed by atoms with van der Waals surface area (Å²) in [4.78, 5) is 2.20. The van der Waals surface area contributed by atoms with E-state index in [9.17, 15) is 4.39 Å². The molecule has 0 saturated carbocycles. The lowest BCUT2D eigenvalue weighted by Crippen LogP contribution is -2.25. The van der Waals surface area contributed by atoms with Crippen molar-refractivity contribution >= 4 is 5.69 Å². The van der Waals surface area contributed by atoms with Crippen LogP contribution in [-0.4, -0.2) is 19.6 Å². The Bertz CT molecular complexity index is 326. The Morgan fingerprint density at radius 3 is 2.62 bits per heavy atom. The minimum atomic E-state index is -0.141. The highest BCUT2D eigenvalue weighted by atomic mass is 19.1. The van der Waals surface area contributed by atoms with Crippen LogP contribution in [0.15, 0.2) is 18.2 Å². The van der Waals surface area contributed by atoms with Gasteiger partial charge in [-0.2, -0.15) is 0 Å². The number of hydrogen-bond donors (Lipinski definition) is 1. The van der Waals surface area contributed by atoms with Gasteiger partial charge in [0.15, 0.2) is 0 Å². The summed E-state index contributed by atoms with van der Waals surface area (Å²) < 4.78 is 13.7. The van der Waals surface area contributed by atoms with Crippen LogP contribution in [0, 0.1) is 5.82 Å². The Kier molecular flexibility index (Phi) is 5.26. The fourth-order valence-electron chi connectivity index (χ4n) is 1.95. The van der Waals surface area contributed by atoms with Gasteiger partial charge in [-0.1, -0.05) is 13.0 Å². The van der Waals surface area contributed by atoms with E-state index in [1.807, 2.05) is 6.07 Å². The van der Waals surface area contributed by atoms with Gasteiger partial charge in [-0.3, -0.25) is 0 Å². The van der Waals surface area contributed by atoms with Crippen LogP contribution in [0.3, 0.4) is 0 Å². The zero-order chi connectivity index (χ0) is 12.0. The van der Waals surface area contributed by atoms with Gasteiger partial charge in [0.25, 0.3) is 0 Å². The molecule has 0 radical (unpaired) electrons. The number of nitrogens with zero attached hydrogens (tertiary/aromatic N) is 1. The van der Waals surface area contributed by atoms with E-state index in [-0.39, 0.29) is 5.82 Å². The molecule has 1 rings (SSSR count). The molecule has 0 atom stereocenters. The second kappa shape index (κ2) is 6.48. The number of hydrogen-bond acceptors (Lipinski definition) is 2. The van der Waals surface area contributed by atoms with Gasteiger partial charge in [0.1, 0.15) is 5.82 Å². The van der Waals surface area contributed by atoms with E-state index < -0.39 is 0 Å². The molecule has 90 valence electrons. The van der Waals surface area contributed by atoms with Crippen molar-refractivity contribution in [3.63, 3.8) is 0 Å². The van der Waals surface area contributed by atoms with Crippen molar-refractivity contribution in [2.75, 3.05) is 24.5 Å². The van der Waals surface area contributed by atoms with Crippen molar-refractivity contribution < 1.29 is 4.39 Å². The maximum absolute atomic E-state index is 13.7. The molecule has 0 bridgehead atoms. The maximum Gasteiger partial charge on any atom is 0.128 e. The molecule has 0 heterocycles. The molecule has 2 N–H and O–H groups in total. The second-order valence-corrected chi connectivity index (χ2v) is 3.86. The predicted octanol–water partition coefficient (Wildman–Crippen LogP) is 2.56. The Hall–Kier alpha value is -1.09. The van der Waals surface area contributed by atoms with Gasteiger partial charge in [0.2, 0.25) is 0 Å². The second-order valence-electron chi connectivity index (χ2n) is 3.86. The highest BCUT2D eigenvalue weighted by Gasteiger charge is 2.12. The smallest absolute Gasteiger partial charge is 0.128 e. The molecule has 0 aliphatic heterocycles. The fraction of sp³-hybridized carbons (Fsp3) is 0.538. The highest BCUT2D eigenvalue weighted by molar-refractivity contribution is 5.54. The Balaban J connectivity index is 3.04. The molecule has 16 heavy (non-hydrogen) atoms. The Morgan fingerprint density at radius 1 is 1.31 bits per heavy atom. The van der Waals surface area contributed by atoms with Crippen LogP contribution in [0.1, 0.15) is 25.8 Å². The molecule has 2 nitrogen and oxygen atoms in total. The molecule has 1 aromatic rings. The van der Waals surface area contributed by atoms with Crippen molar-refractivity contribution in [1.82, 2.24) is 0 Å². The first-order valence-electron chi connectivity index (χ1n) is 5.97. The summed E-state index contributed by atoms with van der Waals surface area (Å²) >= 11 is 0. The fourth-order valence-corrected chi connectivity index (χ4v) is 1.95. The lowest BCUT2D eigenvalue weighted by atomic mass is 10.1. The van der Waals surface area contributed by atoms with Gasteiger partial charge >= 0.3 is 0 Å². The zero-order valence-electron chi connectivity index (χ0n) is 10.2. The van der Waals surface area contributed by atoms with Gasteiger partial charge in [-0.05, 0) is 38.4 Å². The first-order valence-corrected chi connectivity index (χ1v) is 5.97. The third-order valence-electron chi connectivity index (χ3n) is 2.70. The van der Waals surface area contributed by atoms with E-state index in [0.29, 0.717) is 13.0 Å². The standard InChI is InChI=1S/C13H21FN2/c1-3-10-16(4-2)13-7-5-6-12(14)11(13)8-9-15/h5-7H,3-4,8-10,15H2,1-2H3. The van der Waals surface area contributed by atoms with Gasteiger partial charge < -0.3 is 10.6 Å². The summed E-state index contributed by atoms with van der Waals surface area (Å²) in [5, 5.41) is 0. The molecule has 0 aromatic heterocycles. The normalized spacial score (nSPS) is 10.5. The molecule has 0 aliphatic carbocycles. The van der Waals surface area contributed by atoms with Crippen LogP contribution in [0.25, 0.3) is 0 Å². The number of nitrogens with two attached hydrogens (primary N) is 1. The number of halogens is 1. The summed E-state index contributed by atoms with van der Waals surface area (Å²) in [5.41, 5.74) is 7.27. The van der Waals surface area contributed by atoms with E-state index in [1.165, 1.54) is 6.07 Å². The summed E-state index contributed by atoms with van der Waals surface area (Å²) in [7, 11) is 0. The third kappa shape index (κ3) is 2.95. The van der Waals surface area contributed by atoms with Crippen LogP contribution in [0.5, 0.6) is 0 Å². The Morgan fingerprint density at radius 2 is 2.06 bits per heavy atom. The molecule has 0 spiro atoms. The largest absolute Gasteiger partial charge is 0.372 e. The zero-order valence-corrected chi connectivity index (χ0v) is 10.2. The number of rotatable bonds is 6. The topological polar surface area (TPSA) is 29.3 Å². The Labute approximate surface area is 97.3 Å². The molecule has 0 saturated heterocycles. The van der Waals surface area contributed by atoms with Crippen molar-refractivity contribution in [2.45, 2.75) is 26.7 Å². The molecule has 3 heteroatoms. The molecule has 0 aliphatic rings. The first-order chi connectivity index (χ1) is 7.74. The van der Waals surface area contributed by atoms with Crippen molar-refractivity contribution in [1.29, 1.82) is 0 Å². The van der Waals surface area contributed by atoms with Crippen molar-refractivity contribution in [3.05, 3.63) is 29.6 Å². The van der Waals surface area contributed by atoms with Gasteiger partial charge in [-0.25, -0.2) is 4.39 Å². The summed E-state index contributed by atoms with van der Waals surface area (Å²) in [6.45, 7) is 6.56. The van der Waals surface area contributed by atoms with Crippen LogP contribution in [-0.2, 0) is 6.42 Å². The summed E-state index contributed by atoms with van der Waals surface area (Å²) in [6, 6.07) is 5.25. The highest BCUT2D eigenvalue weighted by Crippen LogP contribution is 2.23. The van der Waals surface area contributed by atoms with Crippen LogP contribution < -0.4 is 10.6 Å². The van der Waals surface area contributed by atoms with Crippen LogP contribution in [0.4, 0.5) is 10.1 Å². The monoisotopic (exact) mass is 224 g/mol. The van der Waals surface area contributed by atoms with E-state index in [2.05, 4.69) is 18.7 Å².